The van der Waals surface area contributed by atoms with Gasteiger partial charge in [0, 0.05) is 18.8 Å². The van der Waals surface area contributed by atoms with E-state index in [1.54, 1.807) is 6.07 Å². The maximum Gasteiger partial charge on any atom is 0.178 e. The minimum Gasteiger partial charge on any atom is -0.387 e. The summed E-state index contributed by atoms with van der Waals surface area (Å²) in [5, 5.41) is 16.9. The number of halogens is 1. The first-order chi connectivity index (χ1) is 10.3. The normalized spacial score (nSPS) is 14.7. The number of benzene rings is 1. The molecule has 0 aliphatic carbocycles. The van der Waals surface area contributed by atoms with Gasteiger partial charge in [-0.25, -0.2) is 12.8 Å². The molecule has 1 heterocycles. The van der Waals surface area contributed by atoms with E-state index in [-0.39, 0.29) is 10.9 Å². The van der Waals surface area contributed by atoms with Crippen LogP contribution in [0.1, 0.15) is 30.2 Å². The van der Waals surface area contributed by atoms with Gasteiger partial charge in [-0.3, -0.25) is 0 Å². The van der Waals surface area contributed by atoms with Gasteiger partial charge < -0.3 is 10.4 Å². The molecule has 2 aromatic rings. The van der Waals surface area contributed by atoms with Gasteiger partial charge in [0.05, 0.1) is 6.10 Å². The molecule has 2 atom stereocenters. The lowest BCUT2D eigenvalue weighted by Gasteiger charge is -2.17. The van der Waals surface area contributed by atoms with Crippen LogP contribution in [0.4, 0.5) is 4.39 Å². The molecule has 2 N–H and O–H groups in total. The molecule has 0 amide bonds. The Labute approximate surface area is 133 Å². The second-order valence-corrected chi connectivity index (χ2v) is 7.93. The third-order valence-electron chi connectivity index (χ3n) is 3.40. The number of hydrogen-bond donors (Lipinski definition) is 2. The van der Waals surface area contributed by atoms with E-state index in [1.807, 2.05) is 23.8 Å². The average molecular weight is 343 g/mol. The second-order valence-electron chi connectivity index (χ2n) is 5.16. The van der Waals surface area contributed by atoms with E-state index in [9.17, 15) is 17.9 Å². The lowest BCUT2D eigenvalue weighted by molar-refractivity contribution is 0.171. The molecule has 4 nitrogen and oxygen atoms in total. The van der Waals surface area contributed by atoms with E-state index >= 15 is 0 Å². The molecule has 0 bridgehead atoms. The Balaban J connectivity index is 2.04. The summed E-state index contributed by atoms with van der Waals surface area (Å²) in [6.45, 7) is 2.16. The SMILES string of the molecule is CC(NCC(O)c1ccsc1)c1ccc(S(C)(=O)=O)c(F)c1. The minimum atomic E-state index is -3.57. The summed E-state index contributed by atoms with van der Waals surface area (Å²) >= 11 is 1.51. The standard InChI is InChI=1S/C15H18FNO3S2/c1-10(17-8-14(18)12-5-6-21-9-12)11-3-4-15(13(16)7-11)22(2,19)20/h3-7,9-10,14,17-18H,8H2,1-2H3. The minimum absolute atomic E-state index is 0.212. The third-order valence-corrected chi connectivity index (χ3v) is 5.23. The van der Waals surface area contributed by atoms with Gasteiger partial charge in [-0.15, -0.1) is 0 Å². The summed E-state index contributed by atoms with van der Waals surface area (Å²) in [6.07, 6.45) is 0.345. The Hall–Kier alpha value is -1.28. The van der Waals surface area contributed by atoms with Crippen LogP contribution in [0, 0.1) is 5.82 Å². The zero-order chi connectivity index (χ0) is 16.3. The predicted octanol–water partition coefficient (Wildman–Crippen LogP) is 2.67. The van der Waals surface area contributed by atoms with E-state index in [4.69, 9.17) is 0 Å². The van der Waals surface area contributed by atoms with Gasteiger partial charge in [0.1, 0.15) is 10.7 Å². The molecule has 7 heteroatoms. The van der Waals surface area contributed by atoms with Gasteiger partial charge in [0.25, 0.3) is 0 Å². The monoisotopic (exact) mass is 343 g/mol. The molecular weight excluding hydrogens is 325 g/mol. The first-order valence-corrected chi connectivity index (χ1v) is 9.55. The highest BCUT2D eigenvalue weighted by Gasteiger charge is 2.16. The largest absolute Gasteiger partial charge is 0.387 e. The quantitative estimate of drug-likeness (QED) is 0.846. The number of aliphatic hydroxyl groups is 1. The fourth-order valence-electron chi connectivity index (χ4n) is 2.08. The Morgan fingerprint density at radius 1 is 1.32 bits per heavy atom. The zero-order valence-electron chi connectivity index (χ0n) is 12.3. The maximum atomic E-state index is 13.9. The summed E-state index contributed by atoms with van der Waals surface area (Å²) in [5.74, 6) is -0.757. The van der Waals surface area contributed by atoms with Gasteiger partial charge >= 0.3 is 0 Å². The predicted molar refractivity (Wildman–Crippen MR) is 85.2 cm³/mol. The molecule has 2 rings (SSSR count). The molecule has 1 aromatic heterocycles. The van der Waals surface area contributed by atoms with Gasteiger partial charge in [0.2, 0.25) is 0 Å². The third kappa shape index (κ3) is 4.13. The van der Waals surface area contributed by atoms with Crippen molar-refractivity contribution < 1.29 is 17.9 Å². The number of nitrogens with one attached hydrogen (secondary N) is 1. The van der Waals surface area contributed by atoms with Crippen LogP contribution >= 0.6 is 11.3 Å². The van der Waals surface area contributed by atoms with Crippen molar-refractivity contribution in [2.24, 2.45) is 0 Å². The van der Waals surface area contributed by atoms with Crippen LogP contribution in [0.2, 0.25) is 0 Å². The number of aliphatic hydroxyl groups excluding tert-OH is 1. The fraction of sp³-hybridized carbons (Fsp3) is 0.333. The maximum absolute atomic E-state index is 13.9. The van der Waals surface area contributed by atoms with Crippen molar-refractivity contribution >= 4 is 21.2 Å². The first kappa shape index (κ1) is 17.1. The second kappa shape index (κ2) is 6.87. The number of sulfone groups is 1. The Kier molecular flexibility index (Phi) is 5.33. The highest BCUT2D eigenvalue weighted by Crippen LogP contribution is 2.21. The molecule has 22 heavy (non-hydrogen) atoms. The number of thiophene rings is 1. The van der Waals surface area contributed by atoms with Gasteiger partial charge in [0.15, 0.2) is 9.84 Å². The summed E-state index contributed by atoms with van der Waals surface area (Å²) in [7, 11) is -3.57. The van der Waals surface area contributed by atoms with Gasteiger partial charge in [-0.05, 0) is 47.0 Å². The number of rotatable bonds is 6. The van der Waals surface area contributed by atoms with Crippen molar-refractivity contribution in [3.05, 3.63) is 52.0 Å². The number of hydrogen-bond acceptors (Lipinski definition) is 5. The fourth-order valence-corrected chi connectivity index (χ4v) is 3.51. The van der Waals surface area contributed by atoms with Crippen LogP contribution in [0.5, 0.6) is 0 Å². The van der Waals surface area contributed by atoms with E-state index in [2.05, 4.69) is 5.32 Å². The van der Waals surface area contributed by atoms with E-state index in [1.165, 1.54) is 23.5 Å². The van der Waals surface area contributed by atoms with E-state index in [0.717, 1.165) is 11.8 Å². The molecule has 1 aromatic carbocycles. The molecule has 0 spiro atoms. The summed E-state index contributed by atoms with van der Waals surface area (Å²) in [4.78, 5) is -0.304. The summed E-state index contributed by atoms with van der Waals surface area (Å²) < 4.78 is 36.7. The Bertz CT molecular complexity index is 729. The molecule has 0 aliphatic rings. The Morgan fingerprint density at radius 2 is 2.05 bits per heavy atom. The van der Waals surface area contributed by atoms with Crippen molar-refractivity contribution in [3.8, 4) is 0 Å². The molecule has 0 aliphatic heterocycles. The molecule has 0 fully saturated rings. The molecule has 120 valence electrons. The average Bonchev–Trinajstić information content (AvgIpc) is 2.97. The van der Waals surface area contributed by atoms with Crippen molar-refractivity contribution in [2.75, 3.05) is 12.8 Å². The first-order valence-electron chi connectivity index (χ1n) is 6.72. The lowest BCUT2D eigenvalue weighted by atomic mass is 10.1. The van der Waals surface area contributed by atoms with Crippen LogP contribution < -0.4 is 5.32 Å². The summed E-state index contributed by atoms with van der Waals surface area (Å²) in [6, 6.07) is 5.70. The molecule has 2 unspecified atom stereocenters. The topological polar surface area (TPSA) is 66.4 Å². The highest BCUT2D eigenvalue weighted by molar-refractivity contribution is 7.90. The van der Waals surface area contributed by atoms with E-state index < -0.39 is 21.8 Å². The van der Waals surface area contributed by atoms with Crippen molar-refractivity contribution in [1.82, 2.24) is 5.32 Å². The Morgan fingerprint density at radius 3 is 2.59 bits per heavy atom. The van der Waals surface area contributed by atoms with Crippen LogP contribution in [0.15, 0.2) is 39.9 Å². The van der Waals surface area contributed by atoms with Crippen molar-refractivity contribution in [1.29, 1.82) is 0 Å². The van der Waals surface area contributed by atoms with Crippen LogP contribution in [0.3, 0.4) is 0 Å². The zero-order valence-corrected chi connectivity index (χ0v) is 13.9. The summed E-state index contributed by atoms with van der Waals surface area (Å²) in [5.41, 5.74) is 1.46. The van der Waals surface area contributed by atoms with E-state index in [0.29, 0.717) is 12.1 Å². The molecule has 0 radical (unpaired) electrons. The highest BCUT2D eigenvalue weighted by atomic mass is 32.2. The van der Waals surface area contributed by atoms with Crippen molar-refractivity contribution in [2.45, 2.75) is 24.0 Å². The van der Waals surface area contributed by atoms with Crippen LogP contribution in [-0.4, -0.2) is 26.3 Å². The van der Waals surface area contributed by atoms with Crippen LogP contribution in [-0.2, 0) is 9.84 Å². The van der Waals surface area contributed by atoms with Crippen molar-refractivity contribution in [3.63, 3.8) is 0 Å². The molecular formula is C15H18FNO3S2. The molecule has 0 saturated carbocycles. The van der Waals surface area contributed by atoms with Gasteiger partial charge in [-0.2, -0.15) is 11.3 Å². The lowest BCUT2D eigenvalue weighted by Crippen LogP contribution is -2.24. The van der Waals surface area contributed by atoms with Crippen LogP contribution in [0.25, 0.3) is 0 Å². The molecule has 0 saturated heterocycles. The van der Waals surface area contributed by atoms with Gasteiger partial charge in [-0.1, -0.05) is 6.07 Å². The smallest absolute Gasteiger partial charge is 0.178 e.